The Balaban J connectivity index is 1.67. The number of anilines is 1. The number of ether oxygens (including phenoxy) is 1. The maximum atomic E-state index is 11.4. The van der Waals surface area contributed by atoms with Crippen LogP contribution in [0.25, 0.3) is 0 Å². The highest BCUT2D eigenvalue weighted by atomic mass is 16.5. The Morgan fingerprint density at radius 2 is 2.24 bits per heavy atom. The van der Waals surface area contributed by atoms with Crippen LogP contribution < -0.4 is 10.1 Å². The number of amides is 1. The first kappa shape index (κ1) is 13.6. The second kappa shape index (κ2) is 5.55. The van der Waals surface area contributed by atoms with Crippen molar-refractivity contribution in [1.29, 1.82) is 0 Å². The molecule has 1 aliphatic rings. The summed E-state index contributed by atoms with van der Waals surface area (Å²) in [6, 6.07) is 5.68. The fourth-order valence-corrected chi connectivity index (χ4v) is 2.15. The third-order valence-electron chi connectivity index (χ3n) is 3.34. The van der Waals surface area contributed by atoms with Gasteiger partial charge in [0.05, 0.1) is 0 Å². The molecule has 110 valence electrons. The monoisotopic (exact) mass is 287 g/mol. The minimum absolute atomic E-state index is 0.0399. The molecule has 0 spiro atoms. The van der Waals surface area contributed by atoms with Crippen LogP contribution in [0.1, 0.15) is 43.5 Å². The zero-order valence-electron chi connectivity index (χ0n) is 12.0. The molecule has 6 heteroatoms. The van der Waals surface area contributed by atoms with Crippen molar-refractivity contribution < 1.29 is 14.1 Å². The summed E-state index contributed by atoms with van der Waals surface area (Å²) in [5.41, 5.74) is 1.94. The van der Waals surface area contributed by atoms with Gasteiger partial charge in [-0.3, -0.25) is 4.79 Å². The fraction of sp³-hybridized carbons (Fsp3) is 0.400. The molecule has 0 saturated carbocycles. The molecule has 0 bridgehead atoms. The van der Waals surface area contributed by atoms with Crippen LogP contribution in [0.15, 0.2) is 22.7 Å². The molecule has 0 atom stereocenters. The molecule has 0 unspecified atom stereocenters. The van der Waals surface area contributed by atoms with E-state index < -0.39 is 0 Å². The lowest BCUT2D eigenvalue weighted by atomic mass is 10.0. The average Bonchev–Trinajstić information content (AvgIpc) is 2.93. The smallest absolute Gasteiger partial charge is 0.264 e. The summed E-state index contributed by atoms with van der Waals surface area (Å²) in [5, 5.41) is 6.73. The SMILES string of the molecule is CC(C)c1noc(COc2ccc3c(c2)NC(=O)CC3)n1. The normalized spacial score (nSPS) is 14.0. The van der Waals surface area contributed by atoms with Gasteiger partial charge in [-0.25, -0.2) is 0 Å². The van der Waals surface area contributed by atoms with Crippen molar-refractivity contribution in [2.24, 2.45) is 0 Å². The molecule has 2 heterocycles. The first-order chi connectivity index (χ1) is 10.1. The molecular weight excluding hydrogens is 270 g/mol. The molecular formula is C15H17N3O3. The van der Waals surface area contributed by atoms with Gasteiger partial charge in [-0.05, 0) is 18.1 Å². The van der Waals surface area contributed by atoms with Crippen LogP contribution >= 0.6 is 0 Å². The Morgan fingerprint density at radius 3 is 3.00 bits per heavy atom. The molecule has 1 amide bonds. The number of benzene rings is 1. The summed E-state index contributed by atoms with van der Waals surface area (Å²) in [4.78, 5) is 15.6. The van der Waals surface area contributed by atoms with Crippen LogP contribution in [0.5, 0.6) is 5.75 Å². The topological polar surface area (TPSA) is 77.3 Å². The Morgan fingerprint density at radius 1 is 1.38 bits per heavy atom. The molecule has 21 heavy (non-hydrogen) atoms. The van der Waals surface area contributed by atoms with Gasteiger partial charge in [-0.15, -0.1) is 0 Å². The van der Waals surface area contributed by atoms with E-state index in [4.69, 9.17) is 9.26 Å². The van der Waals surface area contributed by atoms with Crippen molar-refractivity contribution >= 4 is 11.6 Å². The predicted molar refractivity (Wildman–Crippen MR) is 76.1 cm³/mol. The molecule has 1 aromatic carbocycles. The summed E-state index contributed by atoms with van der Waals surface area (Å²) in [5.74, 6) is 2.05. The van der Waals surface area contributed by atoms with Crippen molar-refractivity contribution in [3.05, 3.63) is 35.5 Å². The summed E-state index contributed by atoms with van der Waals surface area (Å²) < 4.78 is 10.8. The number of nitrogens with zero attached hydrogens (tertiary/aromatic N) is 2. The summed E-state index contributed by atoms with van der Waals surface area (Å²) >= 11 is 0. The maximum absolute atomic E-state index is 11.4. The maximum Gasteiger partial charge on any atom is 0.264 e. The van der Waals surface area contributed by atoms with Crippen molar-refractivity contribution in [1.82, 2.24) is 10.1 Å². The predicted octanol–water partition coefficient (Wildman–Crippen LogP) is 2.66. The van der Waals surface area contributed by atoms with Gasteiger partial charge >= 0.3 is 0 Å². The van der Waals surface area contributed by atoms with Gasteiger partial charge < -0.3 is 14.6 Å². The van der Waals surface area contributed by atoms with Crippen LogP contribution in [0, 0.1) is 0 Å². The average molecular weight is 287 g/mol. The van der Waals surface area contributed by atoms with Gasteiger partial charge in [0, 0.05) is 24.1 Å². The number of hydrogen-bond donors (Lipinski definition) is 1. The number of nitrogens with one attached hydrogen (secondary N) is 1. The number of aromatic nitrogens is 2. The minimum Gasteiger partial charge on any atom is -0.484 e. The Kier molecular flexibility index (Phi) is 3.60. The molecule has 0 aliphatic carbocycles. The largest absolute Gasteiger partial charge is 0.484 e. The van der Waals surface area contributed by atoms with Crippen LogP contribution in [0.2, 0.25) is 0 Å². The lowest BCUT2D eigenvalue weighted by Crippen LogP contribution is -2.18. The van der Waals surface area contributed by atoms with Crippen molar-refractivity contribution in [2.45, 2.75) is 39.2 Å². The zero-order valence-corrected chi connectivity index (χ0v) is 12.0. The highest BCUT2D eigenvalue weighted by Gasteiger charge is 2.15. The molecule has 3 rings (SSSR count). The number of rotatable bonds is 4. The second-order valence-corrected chi connectivity index (χ2v) is 5.36. The second-order valence-electron chi connectivity index (χ2n) is 5.36. The number of carbonyl (C=O) groups is 1. The molecule has 0 saturated heterocycles. The van der Waals surface area contributed by atoms with Gasteiger partial charge in [0.1, 0.15) is 5.75 Å². The molecule has 1 N–H and O–H groups in total. The van der Waals surface area contributed by atoms with Crippen molar-refractivity contribution in [3.63, 3.8) is 0 Å². The highest BCUT2D eigenvalue weighted by Crippen LogP contribution is 2.27. The fourth-order valence-electron chi connectivity index (χ4n) is 2.15. The number of fused-ring (bicyclic) bond motifs is 1. The van der Waals surface area contributed by atoms with E-state index in [1.165, 1.54) is 0 Å². The molecule has 6 nitrogen and oxygen atoms in total. The van der Waals surface area contributed by atoms with Crippen LogP contribution in [0.4, 0.5) is 5.69 Å². The van der Waals surface area contributed by atoms with E-state index in [9.17, 15) is 4.79 Å². The highest BCUT2D eigenvalue weighted by molar-refractivity contribution is 5.94. The number of carbonyl (C=O) groups excluding carboxylic acids is 1. The van der Waals surface area contributed by atoms with Gasteiger partial charge in [-0.2, -0.15) is 4.98 Å². The lowest BCUT2D eigenvalue weighted by molar-refractivity contribution is -0.116. The Bertz CT molecular complexity index is 664. The van der Waals surface area contributed by atoms with E-state index >= 15 is 0 Å². The Hall–Kier alpha value is -2.37. The number of aryl methyl sites for hydroxylation is 1. The van der Waals surface area contributed by atoms with E-state index in [1.54, 1.807) is 0 Å². The Labute approximate surface area is 122 Å². The van der Waals surface area contributed by atoms with Crippen molar-refractivity contribution in [2.75, 3.05) is 5.32 Å². The zero-order chi connectivity index (χ0) is 14.8. The van der Waals surface area contributed by atoms with E-state index in [0.717, 1.165) is 17.7 Å². The van der Waals surface area contributed by atoms with Crippen LogP contribution in [-0.2, 0) is 17.8 Å². The number of hydrogen-bond acceptors (Lipinski definition) is 5. The lowest BCUT2D eigenvalue weighted by Gasteiger charge is -2.17. The first-order valence-corrected chi connectivity index (χ1v) is 7.00. The van der Waals surface area contributed by atoms with Gasteiger partial charge in [0.15, 0.2) is 12.4 Å². The van der Waals surface area contributed by atoms with Gasteiger partial charge in [0.25, 0.3) is 5.89 Å². The third-order valence-corrected chi connectivity index (χ3v) is 3.34. The minimum atomic E-state index is 0.0399. The van der Waals surface area contributed by atoms with Gasteiger partial charge in [0.2, 0.25) is 5.91 Å². The van der Waals surface area contributed by atoms with Crippen molar-refractivity contribution in [3.8, 4) is 5.75 Å². The summed E-state index contributed by atoms with van der Waals surface area (Å²) in [6.07, 6.45) is 1.30. The third kappa shape index (κ3) is 3.04. The summed E-state index contributed by atoms with van der Waals surface area (Å²) in [7, 11) is 0. The van der Waals surface area contributed by atoms with E-state index in [-0.39, 0.29) is 18.4 Å². The molecule has 2 aromatic rings. The molecule has 1 aliphatic heterocycles. The van der Waals surface area contributed by atoms with E-state index in [2.05, 4.69) is 15.5 Å². The van der Waals surface area contributed by atoms with Crippen LogP contribution in [-0.4, -0.2) is 16.0 Å². The summed E-state index contributed by atoms with van der Waals surface area (Å²) in [6.45, 7) is 4.22. The van der Waals surface area contributed by atoms with E-state index in [1.807, 2.05) is 32.0 Å². The quantitative estimate of drug-likeness (QED) is 0.935. The van der Waals surface area contributed by atoms with Gasteiger partial charge in [-0.1, -0.05) is 25.1 Å². The standard InChI is InChI=1S/C15H17N3O3/c1-9(2)15-17-14(21-18-15)8-20-11-5-3-10-4-6-13(19)16-12(10)7-11/h3,5,7,9H,4,6,8H2,1-2H3,(H,16,19). The molecule has 0 fully saturated rings. The molecule has 0 radical (unpaired) electrons. The van der Waals surface area contributed by atoms with E-state index in [0.29, 0.717) is 23.9 Å². The first-order valence-electron chi connectivity index (χ1n) is 7.00. The van der Waals surface area contributed by atoms with Crippen LogP contribution in [0.3, 0.4) is 0 Å². The molecule has 1 aromatic heterocycles.